The highest BCUT2D eigenvalue weighted by Gasteiger charge is 2.35. The van der Waals surface area contributed by atoms with E-state index in [1.54, 1.807) is 6.92 Å². The van der Waals surface area contributed by atoms with Crippen LogP contribution in [-0.2, 0) is 10.7 Å². The Hall–Kier alpha value is -1.65. The molecule has 0 saturated heterocycles. The average Bonchev–Trinajstić information content (AvgIpc) is 2.16. The summed E-state index contributed by atoms with van der Waals surface area (Å²) in [6.07, 6.45) is -1.22. The Morgan fingerprint density at radius 2 is 2.12 bits per heavy atom. The highest BCUT2D eigenvalue weighted by atomic mass is 19.3. The number of benzene rings is 1. The molecule has 1 rings (SSSR count). The molecule has 0 bridgehead atoms. The van der Waals surface area contributed by atoms with Crippen LogP contribution in [0.3, 0.4) is 0 Å². The Morgan fingerprint density at radius 3 is 2.62 bits per heavy atom. The van der Waals surface area contributed by atoms with Gasteiger partial charge in [0.05, 0.1) is 7.11 Å². The van der Waals surface area contributed by atoms with Gasteiger partial charge in [-0.1, -0.05) is 12.1 Å². The first-order valence-corrected chi connectivity index (χ1v) is 4.61. The summed E-state index contributed by atoms with van der Waals surface area (Å²) >= 11 is 0. The van der Waals surface area contributed by atoms with E-state index in [2.05, 4.69) is 0 Å². The molecule has 16 heavy (non-hydrogen) atoms. The number of aryl methyl sites for hydroxylation is 1. The van der Waals surface area contributed by atoms with E-state index >= 15 is 0 Å². The molecule has 0 heterocycles. The highest BCUT2D eigenvalue weighted by molar-refractivity contribution is 5.68. The van der Waals surface area contributed by atoms with Gasteiger partial charge >= 0.3 is 5.97 Å². The summed E-state index contributed by atoms with van der Waals surface area (Å²) in [5, 5.41) is 8.38. The summed E-state index contributed by atoms with van der Waals surface area (Å²) in [5.41, 5.74) is 0.370. The highest BCUT2D eigenvalue weighted by Crippen LogP contribution is 2.34. The third-order valence-electron chi connectivity index (χ3n) is 2.20. The predicted octanol–water partition coefficient (Wildman–Crippen LogP) is 2.57. The number of carbonyl (C=O) groups is 1. The van der Waals surface area contributed by atoms with Crippen molar-refractivity contribution in [2.75, 3.05) is 7.11 Å². The molecule has 88 valence electrons. The summed E-state index contributed by atoms with van der Waals surface area (Å²) in [6, 6.07) is 3.85. The minimum absolute atomic E-state index is 0.322. The van der Waals surface area contributed by atoms with E-state index < -0.39 is 18.3 Å². The Bertz CT molecular complexity index is 402. The van der Waals surface area contributed by atoms with Gasteiger partial charge in [-0.05, 0) is 18.6 Å². The van der Waals surface area contributed by atoms with Crippen LogP contribution in [0.5, 0.6) is 5.75 Å². The van der Waals surface area contributed by atoms with E-state index in [0.717, 1.165) is 11.6 Å². The Kier molecular flexibility index (Phi) is 3.47. The molecule has 0 aliphatic carbocycles. The number of halogens is 2. The Morgan fingerprint density at radius 1 is 1.50 bits per heavy atom. The lowest BCUT2D eigenvalue weighted by atomic mass is 10.0. The van der Waals surface area contributed by atoms with Gasteiger partial charge in [0.2, 0.25) is 0 Å². The lowest BCUT2D eigenvalue weighted by molar-refractivity contribution is -0.145. The molecule has 0 spiro atoms. The van der Waals surface area contributed by atoms with Crippen LogP contribution in [0, 0.1) is 6.92 Å². The minimum Gasteiger partial charge on any atom is -0.496 e. The van der Waals surface area contributed by atoms with Gasteiger partial charge in [-0.3, -0.25) is 4.79 Å². The molecule has 0 atom stereocenters. The summed E-state index contributed by atoms with van der Waals surface area (Å²) in [5.74, 6) is -4.60. The molecule has 0 aromatic heterocycles. The minimum atomic E-state index is -3.38. The van der Waals surface area contributed by atoms with Gasteiger partial charge in [-0.2, -0.15) is 0 Å². The average molecular weight is 230 g/mol. The van der Waals surface area contributed by atoms with Crippen molar-refractivity contribution in [3.05, 3.63) is 29.3 Å². The van der Waals surface area contributed by atoms with E-state index in [9.17, 15) is 13.6 Å². The lowest BCUT2D eigenvalue weighted by Crippen LogP contribution is -2.18. The first kappa shape index (κ1) is 12.4. The van der Waals surface area contributed by atoms with E-state index in [0.29, 0.717) is 5.75 Å². The normalized spacial score (nSPS) is 11.2. The van der Waals surface area contributed by atoms with Gasteiger partial charge in [-0.15, -0.1) is 0 Å². The summed E-state index contributed by atoms with van der Waals surface area (Å²) in [4.78, 5) is 10.3. The van der Waals surface area contributed by atoms with Crippen LogP contribution in [0.1, 0.15) is 17.5 Å². The molecule has 1 aromatic carbocycles. The zero-order valence-corrected chi connectivity index (χ0v) is 8.96. The smallest absolute Gasteiger partial charge is 0.309 e. The first-order valence-electron chi connectivity index (χ1n) is 4.61. The summed E-state index contributed by atoms with van der Waals surface area (Å²) in [6.45, 7) is 1.72. The maximum absolute atomic E-state index is 13.4. The maximum atomic E-state index is 13.4. The summed E-state index contributed by atoms with van der Waals surface area (Å²) in [7, 11) is 1.38. The van der Waals surface area contributed by atoms with Crippen LogP contribution in [0.15, 0.2) is 18.2 Å². The van der Waals surface area contributed by atoms with Gasteiger partial charge in [0.1, 0.15) is 12.2 Å². The number of alkyl halides is 2. The van der Waals surface area contributed by atoms with Crippen molar-refractivity contribution in [2.45, 2.75) is 19.3 Å². The molecule has 1 aromatic rings. The summed E-state index contributed by atoms with van der Waals surface area (Å²) < 4.78 is 31.7. The number of rotatable bonds is 4. The monoisotopic (exact) mass is 230 g/mol. The number of methoxy groups -OCH3 is 1. The van der Waals surface area contributed by atoms with Crippen molar-refractivity contribution >= 4 is 5.97 Å². The number of hydrogen-bond acceptors (Lipinski definition) is 2. The van der Waals surface area contributed by atoms with Crippen LogP contribution >= 0.6 is 0 Å². The quantitative estimate of drug-likeness (QED) is 0.864. The van der Waals surface area contributed by atoms with E-state index in [1.807, 2.05) is 0 Å². The maximum Gasteiger partial charge on any atom is 0.309 e. The second-order valence-corrected chi connectivity index (χ2v) is 3.46. The van der Waals surface area contributed by atoms with Crippen LogP contribution in [0.25, 0.3) is 0 Å². The van der Waals surface area contributed by atoms with E-state index in [-0.39, 0.29) is 5.56 Å². The van der Waals surface area contributed by atoms with E-state index in [1.165, 1.54) is 19.2 Å². The van der Waals surface area contributed by atoms with Gasteiger partial charge < -0.3 is 9.84 Å². The lowest BCUT2D eigenvalue weighted by Gasteiger charge is -2.16. The van der Waals surface area contributed by atoms with Crippen molar-refractivity contribution in [3.63, 3.8) is 0 Å². The van der Waals surface area contributed by atoms with Gasteiger partial charge in [0, 0.05) is 5.56 Å². The van der Waals surface area contributed by atoms with Crippen LogP contribution in [0.4, 0.5) is 8.78 Å². The second-order valence-electron chi connectivity index (χ2n) is 3.46. The van der Waals surface area contributed by atoms with Gasteiger partial charge in [-0.25, -0.2) is 8.78 Å². The molecule has 0 radical (unpaired) electrons. The van der Waals surface area contributed by atoms with Crippen LogP contribution < -0.4 is 4.74 Å². The Labute approximate surface area is 91.7 Å². The van der Waals surface area contributed by atoms with Crippen LogP contribution in [0.2, 0.25) is 0 Å². The molecule has 0 saturated carbocycles. The molecule has 0 fully saturated rings. The molecule has 0 unspecified atom stereocenters. The standard InChI is InChI=1S/C11H12F2O3/c1-7-3-4-8(5-9(7)16-2)11(12,13)6-10(14)15/h3-5H,6H2,1-2H3,(H,14,15). The first-order chi connectivity index (χ1) is 7.36. The zero-order chi connectivity index (χ0) is 12.3. The number of carboxylic acid groups (broad SMARTS) is 1. The largest absolute Gasteiger partial charge is 0.496 e. The molecule has 0 amide bonds. The SMILES string of the molecule is COc1cc(C(F)(F)CC(=O)O)ccc1C. The number of ether oxygens (including phenoxy) is 1. The second kappa shape index (κ2) is 4.47. The molecule has 1 N–H and O–H groups in total. The molecule has 0 aliphatic heterocycles. The van der Waals surface area contributed by atoms with Crippen molar-refractivity contribution in [1.82, 2.24) is 0 Å². The topological polar surface area (TPSA) is 46.5 Å². The zero-order valence-electron chi connectivity index (χ0n) is 8.96. The van der Waals surface area contributed by atoms with Gasteiger partial charge in [0.25, 0.3) is 5.92 Å². The van der Waals surface area contributed by atoms with Crippen LogP contribution in [-0.4, -0.2) is 18.2 Å². The third kappa shape index (κ3) is 2.68. The van der Waals surface area contributed by atoms with Crippen molar-refractivity contribution in [1.29, 1.82) is 0 Å². The molecule has 3 nitrogen and oxygen atoms in total. The fourth-order valence-electron chi connectivity index (χ4n) is 1.34. The fourth-order valence-corrected chi connectivity index (χ4v) is 1.34. The molecule has 5 heteroatoms. The van der Waals surface area contributed by atoms with E-state index in [4.69, 9.17) is 9.84 Å². The number of hydrogen-bond donors (Lipinski definition) is 1. The number of carboxylic acids is 1. The predicted molar refractivity (Wildman–Crippen MR) is 53.9 cm³/mol. The molecular weight excluding hydrogens is 218 g/mol. The number of aliphatic carboxylic acids is 1. The fraction of sp³-hybridized carbons (Fsp3) is 0.364. The molecule has 0 aliphatic rings. The van der Waals surface area contributed by atoms with Gasteiger partial charge in [0.15, 0.2) is 0 Å². The van der Waals surface area contributed by atoms with Crippen molar-refractivity contribution < 1.29 is 23.4 Å². The van der Waals surface area contributed by atoms with Crippen molar-refractivity contribution in [2.24, 2.45) is 0 Å². The van der Waals surface area contributed by atoms with Crippen molar-refractivity contribution in [3.8, 4) is 5.75 Å². The third-order valence-corrected chi connectivity index (χ3v) is 2.20. The Balaban J connectivity index is 3.08. The molecular formula is C11H12F2O3.